The number of unbranched alkanes of at least 4 members (excludes halogenated alkanes) is 14. The lowest BCUT2D eigenvalue weighted by Crippen LogP contribution is -2.37. The third-order valence-corrected chi connectivity index (χ3v) is 7.62. The lowest BCUT2D eigenvalue weighted by Gasteiger charge is -2.24. The first kappa shape index (κ1) is 36.0. The Morgan fingerprint density at radius 2 is 1.43 bits per heavy atom. The van der Waals surface area contributed by atoms with Gasteiger partial charge in [-0.05, 0) is 12.5 Å². The van der Waals surface area contributed by atoms with E-state index in [1.54, 1.807) is 0 Å². The number of benzene rings is 1. The summed E-state index contributed by atoms with van der Waals surface area (Å²) in [6.07, 6.45) is 18.7. The van der Waals surface area contributed by atoms with Crippen molar-refractivity contribution >= 4 is 25.1 Å². The van der Waals surface area contributed by atoms with E-state index in [1.165, 1.54) is 76.7 Å². The fourth-order valence-corrected chi connectivity index (χ4v) is 5.03. The van der Waals surface area contributed by atoms with Crippen molar-refractivity contribution < 1.29 is 32.7 Å². The molecule has 1 rings (SSSR count). The Labute approximate surface area is 241 Å². The number of carbonyl (C=O) groups excluding carboxylic acids is 1. The van der Waals surface area contributed by atoms with Gasteiger partial charge in [0.1, 0.15) is 13.2 Å². The number of nitrogens with one attached hydrogen (secondary N) is 1. The number of hydrogen-bond acceptors (Lipinski definition) is 6. The molecule has 1 atom stereocenters. The van der Waals surface area contributed by atoms with E-state index >= 15 is 0 Å². The second-order valence-electron chi connectivity index (χ2n) is 11.6. The smallest absolute Gasteiger partial charge is 0.402 e. The molecule has 0 aliphatic carbocycles. The number of carbonyl (C=O) groups is 1. The highest BCUT2D eigenvalue weighted by molar-refractivity contribution is 7.47. The molecule has 0 aliphatic heterocycles. The summed E-state index contributed by atoms with van der Waals surface area (Å²) in [4.78, 5) is 33.3. The van der Waals surface area contributed by atoms with E-state index in [2.05, 4.69) is 12.2 Å². The first-order valence-corrected chi connectivity index (χ1v) is 16.5. The van der Waals surface area contributed by atoms with Crippen LogP contribution in [0.2, 0.25) is 0 Å². The summed E-state index contributed by atoms with van der Waals surface area (Å²) in [6.45, 7) is 2.69. The van der Waals surface area contributed by atoms with Crippen molar-refractivity contribution in [3.05, 3.63) is 28.3 Å². The van der Waals surface area contributed by atoms with Gasteiger partial charge in [-0.1, -0.05) is 96.8 Å². The number of phosphoric acid groups is 1. The minimum Gasteiger partial charge on any atom is -0.402 e. The van der Waals surface area contributed by atoms with Gasteiger partial charge in [0.05, 0.1) is 31.8 Å². The second kappa shape index (κ2) is 20.0. The highest BCUT2D eigenvalue weighted by Gasteiger charge is 2.27. The number of rotatable bonds is 24. The Balaban J connectivity index is 2.35. The molecule has 230 valence electrons. The molecular formula is C29H53N3O7P+. The summed E-state index contributed by atoms with van der Waals surface area (Å²) >= 11 is 0. The number of nitrogens with zero attached hydrogens (tertiary/aromatic N) is 2. The molecule has 1 unspecified atom stereocenters. The first-order valence-electron chi connectivity index (χ1n) is 15.0. The van der Waals surface area contributed by atoms with Gasteiger partial charge < -0.3 is 14.3 Å². The second-order valence-corrected chi connectivity index (χ2v) is 13.0. The highest BCUT2D eigenvalue weighted by Crippen LogP contribution is 2.46. The van der Waals surface area contributed by atoms with Gasteiger partial charge in [0.2, 0.25) is 5.91 Å². The summed E-state index contributed by atoms with van der Waals surface area (Å²) < 4.78 is 23.1. The molecule has 11 heteroatoms. The molecular weight excluding hydrogens is 533 g/mol. The molecule has 1 aromatic rings. The SMILES string of the molecule is CCCCCCCCCCCCCCCCCC(=O)Nc1cc([N+](=O)[O-])ccc1OP(=O)(O)OCC[N+](C)(C)C. The minimum absolute atomic E-state index is 0.0227. The summed E-state index contributed by atoms with van der Waals surface area (Å²) in [6, 6.07) is 3.45. The summed E-state index contributed by atoms with van der Waals surface area (Å²) in [5.74, 6) is -0.495. The molecule has 0 bridgehead atoms. The Morgan fingerprint density at radius 3 is 1.90 bits per heavy atom. The Bertz CT molecular complexity index is 921. The molecule has 40 heavy (non-hydrogen) atoms. The third kappa shape index (κ3) is 18.4. The third-order valence-electron chi connectivity index (χ3n) is 6.69. The standard InChI is InChI=1S/C29H52N3O7P/c1-5-6-7-8-9-10-11-12-13-14-15-16-17-18-19-20-29(33)30-27-25-26(31(34)35)21-22-28(27)39-40(36,37)38-24-23-32(2,3)4/h21-22,25H,5-20,23-24H2,1-4H3,(H-,30,33,36,37)/p+1. The number of nitro benzene ring substituents is 1. The zero-order valence-electron chi connectivity index (χ0n) is 25.2. The van der Waals surface area contributed by atoms with Gasteiger partial charge in [0.25, 0.3) is 5.69 Å². The average molecular weight is 587 g/mol. The van der Waals surface area contributed by atoms with E-state index < -0.39 is 12.7 Å². The number of nitro groups is 1. The van der Waals surface area contributed by atoms with E-state index in [9.17, 15) is 24.4 Å². The molecule has 0 heterocycles. The van der Waals surface area contributed by atoms with Gasteiger partial charge >= 0.3 is 7.82 Å². The van der Waals surface area contributed by atoms with Gasteiger partial charge in [-0.15, -0.1) is 0 Å². The maximum atomic E-state index is 12.5. The molecule has 0 aromatic heterocycles. The van der Waals surface area contributed by atoms with Crippen LogP contribution in [0.5, 0.6) is 5.75 Å². The van der Waals surface area contributed by atoms with Crippen LogP contribution in [-0.4, -0.2) is 54.5 Å². The number of non-ortho nitro benzene ring substituents is 1. The van der Waals surface area contributed by atoms with Gasteiger partial charge in [-0.3, -0.25) is 24.3 Å². The normalized spacial score (nSPS) is 13.1. The van der Waals surface area contributed by atoms with E-state index in [0.717, 1.165) is 31.4 Å². The fourth-order valence-electron chi connectivity index (χ4n) is 4.26. The number of amides is 1. The van der Waals surface area contributed by atoms with E-state index in [0.29, 0.717) is 17.4 Å². The Hall–Kier alpha value is -2.00. The van der Waals surface area contributed by atoms with E-state index in [4.69, 9.17) is 9.05 Å². The zero-order valence-corrected chi connectivity index (χ0v) is 26.1. The molecule has 1 aromatic carbocycles. The van der Waals surface area contributed by atoms with Gasteiger partial charge in [0.15, 0.2) is 5.75 Å². The van der Waals surface area contributed by atoms with Crippen LogP contribution in [0.25, 0.3) is 0 Å². The van der Waals surface area contributed by atoms with Crippen LogP contribution in [0.15, 0.2) is 18.2 Å². The number of likely N-dealkylation sites (N-methyl/N-ethyl adjacent to an activating group) is 1. The average Bonchev–Trinajstić information content (AvgIpc) is 2.86. The molecule has 1 amide bonds. The molecule has 0 radical (unpaired) electrons. The maximum absolute atomic E-state index is 12.5. The highest BCUT2D eigenvalue weighted by atomic mass is 31.2. The molecule has 2 N–H and O–H groups in total. The van der Waals surface area contributed by atoms with Crippen LogP contribution in [0.1, 0.15) is 110 Å². The van der Waals surface area contributed by atoms with Crippen molar-refractivity contribution in [1.29, 1.82) is 0 Å². The Kier molecular flexibility index (Phi) is 18.0. The minimum atomic E-state index is -4.49. The van der Waals surface area contributed by atoms with Crippen molar-refractivity contribution in [3.8, 4) is 5.75 Å². The first-order chi connectivity index (χ1) is 18.9. The largest absolute Gasteiger partial charge is 0.527 e. The van der Waals surface area contributed by atoms with Crippen LogP contribution >= 0.6 is 7.82 Å². The maximum Gasteiger partial charge on any atom is 0.527 e. The molecule has 0 saturated carbocycles. The lowest BCUT2D eigenvalue weighted by atomic mass is 10.0. The van der Waals surface area contributed by atoms with Crippen LogP contribution in [0.4, 0.5) is 11.4 Å². The monoisotopic (exact) mass is 586 g/mol. The van der Waals surface area contributed by atoms with Gasteiger partial charge in [-0.25, -0.2) is 4.57 Å². The van der Waals surface area contributed by atoms with Crippen molar-refractivity contribution in [2.75, 3.05) is 39.6 Å². The van der Waals surface area contributed by atoms with Crippen molar-refractivity contribution in [3.63, 3.8) is 0 Å². The molecule has 0 spiro atoms. The van der Waals surface area contributed by atoms with Crippen LogP contribution in [-0.2, 0) is 13.9 Å². The van der Waals surface area contributed by atoms with Crippen molar-refractivity contribution in [2.24, 2.45) is 0 Å². The zero-order chi connectivity index (χ0) is 29.9. The van der Waals surface area contributed by atoms with E-state index in [-0.39, 0.29) is 36.1 Å². The molecule has 0 fully saturated rings. The van der Waals surface area contributed by atoms with Crippen molar-refractivity contribution in [2.45, 2.75) is 110 Å². The van der Waals surface area contributed by atoms with E-state index in [1.807, 2.05) is 21.1 Å². The number of phosphoric ester groups is 1. The van der Waals surface area contributed by atoms with Gasteiger partial charge in [-0.2, -0.15) is 0 Å². The summed E-state index contributed by atoms with van der Waals surface area (Å²) in [5, 5.41) is 13.8. The van der Waals surface area contributed by atoms with Crippen LogP contribution in [0.3, 0.4) is 0 Å². The summed E-state index contributed by atoms with van der Waals surface area (Å²) in [5.41, 5.74) is -0.307. The topological polar surface area (TPSA) is 128 Å². The number of quaternary nitrogens is 1. The predicted molar refractivity (Wildman–Crippen MR) is 161 cm³/mol. The van der Waals surface area contributed by atoms with Gasteiger partial charge in [0, 0.05) is 18.6 Å². The molecule has 10 nitrogen and oxygen atoms in total. The summed E-state index contributed by atoms with van der Waals surface area (Å²) in [7, 11) is 1.24. The molecule has 0 aliphatic rings. The Morgan fingerprint density at radius 1 is 0.925 bits per heavy atom. The number of hydrogen-bond donors (Lipinski definition) is 2. The quantitative estimate of drug-likeness (QED) is 0.0413. The van der Waals surface area contributed by atoms with Crippen molar-refractivity contribution in [1.82, 2.24) is 0 Å². The predicted octanol–water partition coefficient (Wildman–Crippen LogP) is 8.00. The van der Waals surface area contributed by atoms with Crippen LogP contribution < -0.4 is 9.84 Å². The molecule has 0 saturated heterocycles. The van der Waals surface area contributed by atoms with Crippen LogP contribution in [0, 0.1) is 10.1 Å². The fraction of sp³-hybridized carbons (Fsp3) is 0.759. The lowest BCUT2D eigenvalue weighted by molar-refractivity contribution is -0.870. The number of anilines is 1.